The summed E-state index contributed by atoms with van der Waals surface area (Å²) < 4.78 is 122. The number of aliphatic hydroxyl groups excluding tert-OH is 2. The summed E-state index contributed by atoms with van der Waals surface area (Å²) in [6.45, 7) is 0.628. The van der Waals surface area contributed by atoms with Crippen molar-refractivity contribution in [2.24, 2.45) is 0 Å². The Balaban J connectivity index is 2.13. The first-order valence-corrected chi connectivity index (χ1v) is 13.2. The van der Waals surface area contributed by atoms with Gasteiger partial charge in [0.15, 0.2) is 0 Å². The Bertz CT molecular complexity index is 1320. The summed E-state index contributed by atoms with van der Waals surface area (Å²) >= 11 is 0. The molecule has 0 unspecified atom stereocenters. The van der Waals surface area contributed by atoms with Crippen LogP contribution in [0.2, 0.25) is 0 Å². The maximum Gasteiger partial charge on any atom is 0.430 e. The predicted octanol–water partition coefficient (Wildman–Crippen LogP) is 2.90. The zero-order chi connectivity index (χ0) is 30.3. The largest absolute Gasteiger partial charge is 0.430 e. The van der Waals surface area contributed by atoms with Gasteiger partial charge in [0, 0.05) is 12.0 Å². The number of rotatable bonds is 8. The highest BCUT2D eigenvalue weighted by atomic mass is 32.2. The summed E-state index contributed by atoms with van der Waals surface area (Å²) in [5.74, 6) is -1.60. The van der Waals surface area contributed by atoms with E-state index in [9.17, 15) is 59.3 Å². The fourth-order valence-corrected chi connectivity index (χ4v) is 6.10. The molecule has 3 atom stereocenters. The summed E-state index contributed by atoms with van der Waals surface area (Å²) in [5.41, 5.74) is -7.46. The third kappa shape index (κ3) is 5.89. The Labute approximate surface area is 224 Å². The third-order valence-electron chi connectivity index (χ3n) is 6.55. The van der Waals surface area contributed by atoms with E-state index >= 15 is 0 Å². The number of amides is 1. The van der Waals surface area contributed by atoms with E-state index < -0.39 is 81.4 Å². The number of aryl methyl sites for hydroxylation is 1. The van der Waals surface area contributed by atoms with Gasteiger partial charge in [0.2, 0.25) is 5.91 Å². The van der Waals surface area contributed by atoms with Crippen LogP contribution < -0.4 is 9.62 Å². The molecule has 0 radical (unpaired) electrons. The molecule has 8 nitrogen and oxygen atoms in total. The van der Waals surface area contributed by atoms with Crippen molar-refractivity contribution in [1.82, 2.24) is 5.32 Å². The van der Waals surface area contributed by atoms with Crippen LogP contribution in [0.3, 0.4) is 0 Å². The molecule has 40 heavy (non-hydrogen) atoms. The first kappa shape index (κ1) is 31.6. The van der Waals surface area contributed by atoms with E-state index in [0.29, 0.717) is 22.5 Å². The van der Waals surface area contributed by atoms with E-state index in [-0.39, 0.29) is 24.1 Å². The van der Waals surface area contributed by atoms with Gasteiger partial charge >= 0.3 is 12.4 Å². The fraction of sp³-hybridized carbons (Fsp3) is 0.458. The maximum absolute atomic E-state index is 13.6. The van der Waals surface area contributed by atoms with Crippen LogP contribution in [-0.2, 0) is 26.8 Å². The van der Waals surface area contributed by atoms with Crippen LogP contribution >= 0.6 is 0 Å². The number of carbonyl (C=O) groups is 1. The summed E-state index contributed by atoms with van der Waals surface area (Å²) in [6.07, 6.45) is -14.6. The molecular weight excluding hydrogens is 577 g/mol. The lowest BCUT2D eigenvalue weighted by Crippen LogP contribution is -2.54. The van der Waals surface area contributed by atoms with E-state index in [2.05, 4.69) is 5.32 Å². The van der Waals surface area contributed by atoms with Crippen molar-refractivity contribution in [3.05, 3.63) is 59.4 Å². The number of hydrogen-bond donors (Lipinski definition) is 4. The van der Waals surface area contributed by atoms with Gasteiger partial charge in [-0.25, -0.2) is 12.8 Å². The number of nitrogens with zero attached hydrogens (tertiary/aromatic N) is 1. The van der Waals surface area contributed by atoms with E-state index in [1.807, 2.05) is 0 Å². The predicted molar refractivity (Wildman–Crippen MR) is 126 cm³/mol. The lowest BCUT2D eigenvalue weighted by molar-refractivity contribution is -0.376. The van der Waals surface area contributed by atoms with Crippen molar-refractivity contribution >= 4 is 21.6 Å². The van der Waals surface area contributed by atoms with Crippen molar-refractivity contribution < 1.29 is 59.3 Å². The molecule has 2 aromatic rings. The highest BCUT2D eigenvalue weighted by Crippen LogP contribution is 2.51. The summed E-state index contributed by atoms with van der Waals surface area (Å²) in [4.78, 5) is 12.2. The number of fused-ring (bicyclic) bond motifs is 1. The highest BCUT2D eigenvalue weighted by Gasteiger charge is 2.71. The van der Waals surface area contributed by atoms with Crippen molar-refractivity contribution in [2.75, 3.05) is 10.9 Å². The number of alkyl halides is 6. The smallest absolute Gasteiger partial charge is 0.394 e. The van der Waals surface area contributed by atoms with Crippen LogP contribution in [0.1, 0.15) is 30.9 Å². The maximum atomic E-state index is 13.6. The minimum Gasteiger partial charge on any atom is -0.394 e. The van der Waals surface area contributed by atoms with Crippen LogP contribution in [0.25, 0.3) is 0 Å². The lowest BCUT2D eigenvalue weighted by atomic mass is 9.87. The molecule has 0 saturated heterocycles. The normalized spacial score (nSPS) is 18.2. The Morgan fingerprint density at radius 3 is 2.15 bits per heavy atom. The fourth-order valence-electron chi connectivity index (χ4n) is 4.38. The van der Waals surface area contributed by atoms with Crippen LogP contribution in [-0.4, -0.2) is 66.8 Å². The van der Waals surface area contributed by atoms with Gasteiger partial charge in [-0.3, -0.25) is 9.10 Å². The van der Waals surface area contributed by atoms with Crippen molar-refractivity contribution in [3.63, 3.8) is 0 Å². The number of aliphatic hydroxyl groups is 3. The van der Waals surface area contributed by atoms with Crippen molar-refractivity contribution in [3.8, 4) is 0 Å². The second kappa shape index (κ2) is 11.1. The summed E-state index contributed by atoms with van der Waals surface area (Å²) in [7, 11) is -4.66. The van der Waals surface area contributed by atoms with Gasteiger partial charge in [0.25, 0.3) is 15.6 Å². The number of anilines is 1. The Kier molecular flexibility index (Phi) is 8.79. The van der Waals surface area contributed by atoms with E-state index in [4.69, 9.17) is 0 Å². The molecule has 222 valence electrons. The molecule has 0 aromatic heterocycles. The first-order valence-electron chi connectivity index (χ1n) is 11.7. The van der Waals surface area contributed by atoms with Crippen LogP contribution in [0, 0.1) is 5.82 Å². The molecule has 0 aliphatic carbocycles. The quantitative estimate of drug-likeness (QED) is 0.345. The zero-order valence-corrected chi connectivity index (χ0v) is 21.5. The SMILES string of the molecule is C[C@@H](O)[C@H](CO)NC(=O)C[C@@H]1CCc2cc(C(O)(C(F)(F)F)C(F)(F)F)ccc2N1S(=O)(=O)c1ccc(F)cc1. The van der Waals surface area contributed by atoms with Crippen molar-refractivity contribution in [1.29, 1.82) is 0 Å². The molecule has 16 heteroatoms. The second-order valence-electron chi connectivity index (χ2n) is 9.30. The third-order valence-corrected chi connectivity index (χ3v) is 8.43. The zero-order valence-electron chi connectivity index (χ0n) is 20.7. The highest BCUT2D eigenvalue weighted by molar-refractivity contribution is 7.92. The monoisotopic (exact) mass is 602 g/mol. The van der Waals surface area contributed by atoms with Gasteiger partial charge in [-0.15, -0.1) is 0 Å². The molecule has 0 fully saturated rings. The summed E-state index contributed by atoms with van der Waals surface area (Å²) in [6, 6.07) is 2.50. The minimum absolute atomic E-state index is 0.251. The Hall–Kier alpha value is -2.95. The molecule has 0 spiro atoms. The molecular formula is C24H25F7N2O6S. The second-order valence-corrected chi connectivity index (χ2v) is 11.1. The van der Waals surface area contributed by atoms with E-state index in [1.165, 1.54) is 6.92 Å². The standard InChI is InChI=1S/C24H25F7N2O6S/c1-13(35)19(12-34)32-21(36)11-17-6-2-14-10-15(22(37,23(26,27)28)24(29,30)31)3-9-20(14)33(17)40(38,39)18-7-4-16(25)5-8-18/h3-5,7-10,13,17,19,34-35,37H,2,6,11-12H2,1H3,(H,32,36)/t13-,17+,19+/m1/s1. The van der Waals surface area contributed by atoms with Crippen LogP contribution in [0.15, 0.2) is 47.4 Å². The van der Waals surface area contributed by atoms with E-state index in [0.717, 1.165) is 24.3 Å². The Morgan fingerprint density at radius 1 is 1.07 bits per heavy atom. The number of carbonyl (C=O) groups excluding carboxylic acids is 1. The molecule has 1 aliphatic rings. The molecule has 3 rings (SSSR count). The first-order chi connectivity index (χ1) is 18.3. The number of sulfonamides is 1. The van der Waals surface area contributed by atoms with Gasteiger partial charge in [0.1, 0.15) is 5.82 Å². The average molecular weight is 603 g/mol. The molecule has 4 N–H and O–H groups in total. The molecule has 1 aliphatic heterocycles. The van der Waals surface area contributed by atoms with E-state index in [1.54, 1.807) is 0 Å². The molecule has 0 saturated carbocycles. The Morgan fingerprint density at radius 2 is 1.65 bits per heavy atom. The van der Waals surface area contributed by atoms with Crippen LogP contribution in [0.5, 0.6) is 0 Å². The minimum atomic E-state index is -6.16. The summed E-state index contributed by atoms with van der Waals surface area (Å²) in [5, 5.41) is 31.1. The van der Waals surface area contributed by atoms with Gasteiger partial charge in [-0.1, -0.05) is 12.1 Å². The number of halogens is 7. The molecule has 1 amide bonds. The molecule has 1 heterocycles. The molecule has 0 bridgehead atoms. The van der Waals surface area contributed by atoms with Gasteiger partial charge in [0.05, 0.1) is 35.4 Å². The molecule has 2 aromatic carbocycles. The van der Waals surface area contributed by atoms with Gasteiger partial charge in [-0.2, -0.15) is 26.3 Å². The van der Waals surface area contributed by atoms with Crippen LogP contribution in [0.4, 0.5) is 36.4 Å². The topological polar surface area (TPSA) is 127 Å². The van der Waals surface area contributed by atoms with Gasteiger partial charge in [-0.05, 0) is 55.7 Å². The average Bonchev–Trinajstić information content (AvgIpc) is 2.84. The number of hydrogen-bond acceptors (Lipinski definition) is 6. The van der Waals surface area contributed by atoms with Crippen molar-refractivity contribution in [2.45, 2.75) is 67.2 Å². The lowest BCUT2D eigenvalue weighted by Gasteiger charge is -2.39. The number of nitrogens with one attached hydrogen (secondary N) is 1. The number of benzene rings is 2. The van der Waals surface area contributed by atoms with Gasteiger partial charge < -0.3 is 20.6 Å².